The Morgan fingerprint density at radius 2 is 1.72 bits per heavy atom. The van der Waals surface area contributed by atoms with Crippen molar-refractivity contribution in [2.75, 3.05) is 6.54 Å². The topological polar surface area (TPSA) is 40.5 Å². The van der Waals surface area contributed by atoms with Crippen LogP contribution in [0.15, 0.2) is 30.3 Å². The zero-order valence-electron chi connectivity index (χ0n) is 11.5. The fraction of sp³-hybridized carbons (Fsp3) is 0.533. The summed E-state index contributed by atoms with van der Waals surface area (Å²) >= 11 is 0. The molecule has 0 bridgehead atoms. The van der Waals surface area contributed by atoms with Gasteiger partial charge >= 0.3 is 5.97 Å². The summed E-state index contributed by atoms with van der Waals surface area (Å²) in [4.78, 5) is 13.7. The van der Waals surface area contributed by atoms with E-state index in [0.717, 1.165) is 12.1 Å². The molecule has 100 valence electrons. The van der Waals surface area contributed by atoms with E-state index in [1.807, 2.05) is 51.1 Å². The van der Waals surface area contributed by atoms with Crippen LogP contribution < -0.4 is 0 Å². The Balaban J connectivity index is 2.97. The first-order valence-electron chi connectivity index (χ1n) is 6.63. The average Bonchev–Trinajstić information content (AvgIpc) is 2.40. The van der Waals surface area contributed by atoms with Crippen LogP contribution in [0.2, 0.25) is 0 Å². The number of carboxylic acid groups (broad SMARTS) is 1. The second-order valence-electron chi connectivity index (χ2n) is 4.54. The lowest BCUT2D eigenvalue weighted by Gasteiger charge is -2.39. The lowest BCUT2D eigenvalue weighted by atomic mass is 9.90. The Kier molecular flexibility index (Phi) is 5.35. The Morgan fingerprint density at radius 1 is 1.17 bits per heavy atom. The molecule has 1 N–H and O–H groups in total. The second kappa shape index (κ2) is 6.55. The highest BCUT2D eigenvalue weighted by atomic mass is 16.4. The second-order valence-corrected chi connectivity index (χ2v) is 4.54. The van der Waals surface area contributed by atoms with E-state index in [0.29, 0.717) is 19.4 Å². The van der Waals surface area contributed by atoms with Crippen molar-refractivity contribution < 1.29 is 9.90 Å². The summed E-state index contributed by atoms with van der Waals surface area (Å²) in [5.74, 6) is -0.717. The third-order valence-electron chi connectivity index (χ3n) is 3.77. The van der Waals surface area contributed by atoms with Crippen LogP contribution >= 0.6 is 0 Å². The molecule has 0 aromatic heterocycles. The average molecular weight is 249 g/mol. The van der Waals surface area contributed by atoms with Crippen LogP contribution in [0.25, 0.3) is 0 Å². The monoisotopic (exact) mass is 249 g/mol. The van der Waals surface area contributed by atoms with Crippen molar-refractivity contribution >= 4 is 5.97 Å². The van der Waals surface area contributed by atoms with Crippen molar-refractivity contribution in [3.8, 4) is 0 Å². The van der Waals surface area contributed by atoms with Crippen molar-refractivity contribution in [3.05, 3.63) is 35.9 Å². The van der Waals surface area contributed by atoms with Crippen LogP contribution in [-0.4, -0.2) is 28.1 Å². The van der Waals surface area contributed by atoms with Gasteiger partial charge in [-0.15, -0.1) is 0 Å². The van der Waals surface area contributed by atoms with E-state index in [1.165, 1.54) is 0 Å². The van der Waals surface area contributed by atoms with Crippen molar-refractivity contribution in [2.45, 2.75) is 45.7 Å². The molecule has 0 saturated heterocycles. The molecule has 0 unspecified atom stereocenters. The van der Waals surface area contributed by atoms with Crippen LogP contribution in [0, 0.1) is 0 Å². The zero-order chi connectivity index (χ0) is 13.6. The molecule has 0 amide bonds. The standard InChI is InChI=1S/C15H23NO2/c1-4-15(5-2,14(17)18)16(6-3)12-13-10-8-7-9-11-13/h7-11H,4-6,12H2,1-3H3,(H,17,18). The molecule has 0 aliphatic heterocycles. The number of benzene rings is 1. The Hall–Kier alpha value is -1.35. The van der Waals surface area contributed by atoms with Crippen molar-refractivity contribution in [1.29, 1.82) is 0 Å². The van der Waals surface area contributed by atoms with Gasteiger partial charge in [-0.05, 0) is 24.9 Å². The number of nitrogens with zero attached hydrogens (tertiary/aromatic N) is 1. The summed E-state index contributed by atoms with van der Waals surface area (Å²) in [6.07, 6.45) is 1.25. The third kappa shape index (κ3) is 2.91. The minimum atomic E-state index is -0.745. The van der Waals surface area contributed by atoms with Gasteiger partial charge in [0.25, 0.3) is 0 Å². The van der Waals surface area contributed by atoms with E-state index in [9.17, 15) is 9.90 Å². The van der Waals surface area contributed by atoms with Gasteiger partial charge in [-0.3, -0.25) is 9.69 Å². The van der Waals surface area contributed by atoms with Gasteiger partial charge in [0, 0.05) is 6.54 Å². The molecule has 0 aliphatic rings. The van der Waals surface area contributed by atoms with Gasteiger partial charge in [-0.2, -0.15) is 0 Å². The predicted octanol–water partition coefficient (Wildman–Crippen LogP) is 3.15. The quantitative estimate of drug-likeness (QED) is 0.807. The summed E-state index contributed by atoms with van der Waals surface area (Å²) < 4.78 is 0. The summed E-state index contributed by atoms with van der Waals surface area (Å²) in [6, 6.07) is 10.0. The molecule has 3 heteroatoms. The van der Waals surface area contributed by atoms with Crippen LogP contribution in [0.5, 0.6) is 0 Å². The smallest absolute Gasteiger partial charge is 0.324 e. The van der Waals surface area contributed by atoms with Gasteiger partial charge in [-0.1, -0.05) is 51.1 Å². The first kappa shape index (κ1) is 14.7. The molecule has 1 rings (SSSR count). The molecule has 1 aromatic carbocycles. The summed E-state index contributed by atoms with van der Waals surface area (Å²) in [7, 11) is 0. The lowest BCUT2D eigenvalue weighted by molar-refractivity contribution is -0.152. The molecule has 0 spiro atoms. The van der Waals surface area contributed by atoms with E-state index in [2.05, 4.69) is 4.90 Å². The van der Waals surface area contributed by atoms with E-state index in [-0.39, 0.29) is 0 Å². The number of carboxylic acids is 1. The number of hydrogen-bond acceptors (Lipinski definition) is 2. The molecule has 0 atom stereocenters. The van der Waals surface area contributed by atoms with E-state index >= 15 is 0 Å². The molecular formula is C15H23NO2. The van der Waals surface area contributed by atoms with Crippen LogP contribution in [-0.2, 0) is 11.3 Å². The lowest BCUT2D eigenvalue weighted by Crippen LogP contribution is -2.53. The van der Waals surface area contributed by atoms with Crippen molar-refractivity contribution in [1.82, 2.24) is 4.90 Å². The fourth-order valence-electron chi connectivity index (χ4n) is 2.50. The highest BCUT2D eigenvalue weighted by Gasteiger charge is 2.40. The normalized spacial score (nSPS) is 11.8. The van der Waals surface area contributed by atoms with Gasteiger partial charge in [0.2, 0.25) is 0 Å². The Labute approximate surface area is 109 Å². The number of carbonyl (C=O) groups is 1. The number of likely N-dealkylation sites (N-methyl/N-ethyl adjacent to an activating group) is 1. The SMILES string of the molecule is CCN(Cc1ccccc1)C(CC)(CC)C(=O)O. The summed E-state index contributed by atoms with van der Waals surface area (Å²) in [6.45, 7) is 7.34. The third-order valence-corrected chi connectivity index (χ3v) is 3.77. The molecule has 0 radical (unpaired) electrons. The van der Waals surface area contributed by atoms with Crippen LogP contribution in [0.4, 0.5) is 0 Å². The summed E-state index contributed by atoms with van der Waals surface area (Å²) in [5.41, 5.74) is 0.414. The minimum absolute atomic E-state index is 0.625. The maximum atomic E-state index is 11.6. The van der Waals surface area contributed by atoms with Gasteiger partial charge in [0.05, 0.1) is 0 Å². The number of aliphatic carboxylic acids is 1. The van der Waals surface area contributed by atoms with Crippen LogP contribution in [0.1, 0.15) is 39.2 Å². The highest BCUT2D eigenvalue weighted by Crippen LogP contribution is 2.26. The van der Waals surface area contributed by atoms with Crippen molar-refractivity contribution in [3.63, 3.8) is 0 Å². The zero-order valence-corrected chi connectivity index (χ0v) is 11.5. The van der Waals surface area contributed by atoms with E-state index in [4.69, 9.17) is 0 Å². The maximum Gasteiger partial charge on any atom is 0.324 e. The molecule has 0 saturated carbocycles. The van der Waals surface area contributed by atoms with Gasteiger partial charge < -0.3 is 5.11 Å². The molecule has 0 aliphatic carbocycles. The van der Waals surface area contributed by atoms with Crippen molar-refractivity contribution in [2.24, 2.45) is 0 Å². The van der Waals surface area contributed by atoms with Gasteiger partial charge in [-0.25, -0.2) is 0 Å². The number of hydrogen-bond donors (Lipinski definition) is 1. The summed E-state index contributed by atoms with van der Waals surface area (Å²) in [5, 5.41) is 9.56. The predicted molar refractivity (Wildman–Crippen MR) is 73.5 cm³/mol. The molecular weight excluding hydrogens is 226 g/mol. The van der Waals surface area contributed by atoms with Gasteiger partial charge in [0.1, 0.15) is 5.54 Å². The first-order valence-corrected chi connectivity index (χ1v) is 6.63. The fourth-order valence-corrected chi connectivity index (χ4v) is 2.50. The maximum absolute atomic E-state index is 11.6. The first-order chi connectivity index (χ1) is 8.60. The van der Waals surface area contributed by atoms with Crippen LogP contribution in [0.3, 0.4) is 0 Å². The molecule has 3 nitrogen and oxygen atoms in total. The largest absolute Gasteiger partial charge is 0.480 e. The number of rotatable bonds is 7. The molecule has 0 heterocycles. The van der Waals surface area contributed by atoms with E-state index < -0.39 is 11.5 Å². The Morgan fingerprint density at radius 3 is 2.11 bits per heavy atom. The van der Waals surface area contributed by atoms with E-state index in [1.54, 1.807) is 0 Å². The molecule has 18 heavy (non-hydrogen) atoms. The Bertz CT molecular complexity index is 371. The molecule has 0 fully saturated rings. The minimum Gasteiger partial charge on any atom is -0.480 e. The highest BCUT2D eigenvalue weighted by molar-refractivity contribution is 5.78. The molecule has 1 aromatic rings. The van der Waals surface area contributed by atoms with Gasteiger partial charge in [0.15, 0.2) is 0 Å².